The molecule has 1 radical (unpaired) electrons. The number of carboxylic acid groups (broad SMARTS) is 1. The maximum atomic E-state index is 9.34. The number of carboxylic acids is 1. The van der Waals surface area contributed by atoms with Gasteiger partial charge in [0.15, 0.2) is 0 Å². The van der Waals surface area contributed by atoms with E-state index in [0.29, 0.717) is 0 Å². The quantitative estimate of drug-likeness (QED) is 0.447. The molecule has 9 heavy (non-hydrogen) atoms. The molecule has 1 unspecified atom stereocenters. The summed E-state index contributed by atoms with van der Waals surface area (Å²) < 4.78 is 0. The van der Waals surface area contributed by atoms with Gasteiger partial charge in [-0.1, -0.05) is 0 Å². The van der Waals surface area contributed by atoms with E-state index < -0.39 is 12.1 Å². The number of rotatable bonds is 1. The van der Waals surface area contributed by atoms with Gasteiger partial charge in [-0.2, -0.15) is 0 Å². The molecule has 0 heterocycles. The molecule has 0 saturated heterocycles. The van der Waals surface area contributed by atoms with Gasteiger partial charge in [0.25, 0.3) is 0 Å². The van der Waals surface area contributed by atoms with Crippen LogP contribution in [0.25, 0.3) is 0 Å². The molecule has 0 rings (SSSR count). The van der Waals surface area contributed by atoms with E-state index in [1.165, 1.54) is 0 Å². The predicted molar refractivity (Wildman–Crippen MR) is 20.6 cm³/mol. The van der Waals surface area contributed by atoms with Crippen molar-refractivity contribution >= 4 is 5.97 Å². The van der Waals surface area contributed by atoms with Crippen LogP contribution in [0.4, 0.5) is 0 Å². The molecular formula is C3H7O5Ti. The normalized spacial score (nSPS) is 9.11. The van der Waals surface area contributed by atoms with Crippen molar-refractivity contribution in [1.29, 1.82) is 0 Å². The van der Waals surface area contributed by atoms with Gasteiger partial charge in [0.2, 0.25) is 0 Å². The molecule has 0 amide bonds. The van der Waals surface area contributed by atoms with Crippen molar-refractivity contribution < 1.29 is 47.7 Å². The maximum Gasteiger partial charge on any atom is 3.00 e. The average molecular weight is 171 g/mol. The summed E-state index contributed by atoms with van der Waals surface area (Å²) in [6, 6.07) is 0. The molecule has 3 N–H and O–H groups in total. The SMILES string of the molecule is CC(O)C(=O)[O-].[OH-].[OH-].[Ti+3]. The summed E-state index contributed by atoms with van der Waals surface area (Å²) in [6.07, 6.45) is -1.34. The predicted octanol–water partition coefficient (Wildman–Crippen LogP) is -2.24. The van der Waals surface area contributed by atoms with Crippen LogP contribution in [-0.4, -0.2) is 28.1 Å². The minimum Gasteiger partial charge on any atom is -0.870 e. The first-order chi connectivity index (χ1) is 2.64. The first-order valence-electron chi connectivity index (χ1n) is 1.53. The van der Waals surface area contributed by atoms with Gasteiger partial charge in [-0.05, 0) is 6.92 Å². The van der Waals surface area contributed by atoms with Gasteiger partial charge >= 0.3 is 21.7 Å². The first kappa shape index (κ1) is 23.0. The molecule has 0 fully saturated rings. The number of hydrogen-bond acceptors (Lipinski definition) is 5. The summed E-state index contributed by atoms with van der Waals surface area (Å²) in [4.78, 5) is 9.34. The zero-order valence-corrected chi connectivity index (χ0v) is 6.30. The van der Waals surface area contributed by atoms with Crippen molar-refractivity contribution in [2.45, 2.75) is 13.0 Å². The molecule has 0 aliphatic carbocycles. The number of aliphatic carboxylic acids is 1. The molecule has 1 atom stereocenters. The Bertz CT molecular complexity index is 63.2. The van der Waals surface area contributed by atoms with Gasteiger partial charge in [-0.15, -0.1) is 0 Å². The third-order valence-corrected chi connectivity index (χ3v) is 0.341. The molecular weight excluding hydrogens is 164 g/mol. The van der Waals surface area contributed by atoms with Gasteiger partial charge in [0.05, 0.1) is 12.1 Å². The van der Waals surface area contributed by atoms with Gasteiger partial charge < -0.3 is 26.0 Å². The fourth-order valence-electron chi connectivity index (χ4n) is 0. The van der Waals surface area contributed by atoms with Crippen LogP contribution in [0.2, 0.25) is 0 Å². The average Bonchev–Trinajstić information content (AvgIpc) is 1.36. The molecule has 6 heteroatoms. The van der Waals surface area contributed by atoms with Crippen molar-refractivity contribution in [3.63, 3.8) is 0 Å². The van der Waals surface area contributed by atoms with Crippen LogP contribution in [0.5, 0.6) is 0 Å². The third-order valence-electron chi connectivity index (χ3n) is 0.341. The van der Waals surface area contributed by atoms with E-state index in [0.717, 1.165) is 6.92 Å². The summed E-state index contributed by atoms with van der Waals surface area (Å²) in [6.45, 7) is 1.13. The van der Waals surface area contributed by atoms with E-state index in [-0.39, 0.29) is 32.7 Å². The Morgan fingerprint density at radius 2 is 1.67 bits per heavy atom. The molecule has 0 aliphatic rings. The largest absolute Gasteiger partial charge is 3.00 e. The van der Waals surface area contributed by atoms with Crippen LogP contribution in [0.15, 0.2) is 0 Å². The Labute approximate surface area is 67.2 Å². The van der Waals surface area contributed by atoms with Crippen LogP contribution >= 0.6 is 0 Å². The number of aliphatic hydroxyl groups excluding tert-OH is 1. The standard InChI is InChI=1S/C3H6O3.2H2O.Ti/c1-2(4)3(5)6;;;/h2,4H,1H3,(H,5,6);2*1H2;/q;;;+3/p-3. The van der Waals surface area contributed by atoms with Crippen molar-refractivity contribution in [1.82, 2.24) is 0 Å². The molecule has 0 bridgehead atoms. The number of carbonyl (C=O) groups excluding carboxylic acids is 1. The molecule has 0 saturated carbocycles. The van der Waals surface area contributed by atoms with Crippen molar-refractivity contribution in [3.05, 3.63) is 0 Å². The van der Waals surface area contributed by atoms with Crippen LogP contribution in [0.3, 0.4) is 0 Å². The Kier molecular flexibility index (Phi) is 27.9. The summed E-state index contributed by atoms with van der Waals surface area (Å²) in [5.41, 5.74) is 0. The molecule has 0 aromatic heterocycles. The molecule has 0 aromatic rings. The van der Waals surface area contributed by atoms with Crippen LogP contribution in [0.1, 0.15) is 6.92 Å². The van der Waals surface area contributed by atoms with E-state index in [9.17, 15) is 9.90 Å². The Balaban J connectivity index is -0.0000000417. The number of carbonyl (C=O) groups is 1. The van der Waals surface area contributed by atoms with Gasteiger partial charge in [-0.3, -0.25) is 0 Å². The summed E-state index contributed by atoms with van der Waals surface area (Å²) in [7, 11) is 0. The van der Waals surface area contributed by atoms with E-state index in [1.807, 2.05) is 0 Å². The van der Waals surface area contributed by atoms with Crippen molar-refractivity contribution in [2.24, 2.45) is 0 Å². The second-order valence-corrected chi connectivity index (χ2v) is 0.995. The molecule has 0 spiro atoms. The van der Waals surface area contributed by atoms with Crippen molar-refractivity contribution in [3.8, 4) is 0 Å². The van der Waals surface area contributed by atoms with Crippen molar-refractivity contribution in [2.75, 3.05) is 0 Å². The van der Waals surface area contributed by atoms with E-state index in [2.05, 4.69) is 0 Å². The smallest absolute Gasteiger partial charge is 0.870 e. The van der Waals surface area contributed by atoms with Gasteiger partial charge in [0, 0.05) is 0 Å². The van der Waals surface area contributed by atoms with Crippen LogP contribution < -0.4 is 5.11 Å². The Hall–Kier alpha value is 0.0643. The molecule has 5 nitrogen and oxygen atoms in total. The minimum atomic E-state index is -1.44. The number of aliphatic hydroxyl groups is 1. The van der Waals surface area contributed by atoms with Crippen LogP contribution in [0, 0.1) is 0 Å². The van der Waals surface area contributed by atoms with E-state index >= 15 is 0 Å². The van der Waals surface area contributed by atoms with E-state index in [4.69, 9.17) is 5.11 Å². The topological polar surface area (TPSA) is 120 Å². The minimum absolute atomic E-state index is 0. The summed E-state index contributed by atoms with van der Waals surface area (Å²) in [5, 5.41) is 17.3. The number of hydrogen-bond donors (Lipinski definition) is 1. The van der Waals surface area contributed by atoms with Crippen LogP contribution in [-0.2, 0) is 26.5 Å². The van der Waals surface area contributed by atoms with Gasteiger partial charge in [0.1, 0.15) is 0 Å². The Morgan fingerprint density at radius 3 is 1.67 bits per heavy atom. The van der Waals surface area contributed by atoms with Gasteiger partial charge in [-0.25, -0.2) is 0 Å². The second kappa shape index (κ2) is 10.9. The Morgan fingerprint density at radius 1 is 1.56 bits per heavy atom. The summed E-state index contributed by atoms with van der Waals surface area (Å²) >= 11 is 0. The third kappa shape index (κ3) is 18.0. The molecule has 0 aliphatic heterocycles. The molecule has 53 valence electrons. The van der Waals surface area contributed by atoms with E-state index in [1.54, 1.807) is 0 Å². The zero-order chi connectivity index (χ0) is 5.15. The zero-order valence-electron chi connectivity index (χ0n) is 4.74. The first-order valence-corrected chi connectivity index (χ1v) is 1.53. The fraction of sp³-hybridized carbons (Fsp3) is 0.667. The second-order valence-electron chi connectivity index (χ2n) is 0.995. The summed E-state index contributed by atoms with van der Waals surface area (Å²) in [5.74, 6) is -1.44. The monoisotopic (exact) mass is 171 g/mol. The molecule has 0 aromatic carbocycles. The maximum absolute atomic E-state index is 9.34. The fourth-order valence-corrected chi connectivity index (χ4v) is 0.